The van der Waals surface area contributed by atoms with Gasteiger partial charge in [0.2, 0.25) is 0 Å². The van der Waals surface area contributed by atoms with Gasteiger partial charge >= 0.3 is 0 Å². The number of aromatic nitrogens is 4. The lowest BCUT2D eigenvalue weighted by molar-refractivity contribution is 0.340. The molecule has 2 heterocycles. The van der Waals surface area contributed by atoms with Crippen molar-refractivity contribution in [3.63, 3.8) is 0 Å². The lowest BCUT2D eigenvalue weighted by Crippen LogP contribution is -1.90. The van der Waals surface area contributed by atoms with Crippen molar-refractivity contribution in [2.45, 2.75) is 35.2 Å². The Morgan fingerprint density at radius 3 is 3.10 bits per heavy atom. The lowest BCUT2D eigenvalue weighted by atomic mass is 10.3. The number of H-pyrrole nitrogens is 1. The van der Waals surface area contributed by atoms with E-state index in [4.69, 9.17) is 4.74 Å². The summed E-state index contributed by atoms with van der Waals surface area (Å²) in [6.45, 7) is 2.64. The molecule has 0 amide bonds. The van der Waals surface area contributed by atoms with Crippen molar-refractivity contribution in [1.82, 2.24) is 19.3 Å². The van der Waals surface area contributed by atoms with Crippen LogP contribution in [-0.2, 0) is 0 Å². The van der Waals surface area contributed by atoms with Gasteiger partial charge in [-0.2, -0.15) is 4.37 Å². The van der Waals surface area contributed by atoms with Crippen LogP contribution in [0.4, 0.5) is 0 Å². The van der Waals surface area contributed by atoms with E-state index in [-0.39, 0.29) is 0 Å². The highest BCUT2D eigenvalue weighted by molar-refractivity contribution is 8.00. The van der Waals surface area contributed by atoms with Gasteiger partial charge in [0.15, 0.2) is 9.50 Å². The van der Waals surface area contributed by atoms with Crippen LogP contribution >= 0.6 is 23.3 Å². The molecule has 1 aromatic carbocycles. The van der Waals surface area contributed by atoms with E-state index in [2.05, 4.69) is 19.3 Å². The van der Waals surface area contributed by atoms with Crippen molar-refractivity contribution >= 4 is 34.3 Å². The molecule has 4 rings (SSSR count). The SMILES string of the molecule is CCOc1ccc2nc(Sc3nc(C4CC4)ns3)[nH]c2c1. The molecule has 1 saturated carbocycles. The van der Waals surface area contributed by atoms with E-state index in [9.17, 15) is 0 Å². The third-order valence-electron chi connectivity index (χ3n) is 3.29. The van der Waals surface area contributed by atoms with E-state index >= 15 is 0 Å². The van der Waals surface area contributed by atoms with E-state index in [1.165, 1.54) is 36.1 Å². The fraction of sp³-hybridized carbons (Fsp3) is 0.357. The standard InChI is InChI=1S/C14H14N4OS2/c1-2-19-9-5-6-10-11(7-9)16-13(15-10)20-14-17-12(18-21-14)8-3-4-8/h5-8H,2-4H2,1H3,(H,15,16). The summed E-state index contributed by atoms with van der Waals surface area (Å²) in [5.41, 5.74) is 1.92. The second-order valence-corrected chi connectivity index (χ2v) is 6.94. The molecule has 1 aliphatic carbocycles. The van der Waals surface area contributed by atoms with Crippen molar-refractivity contribution < 1.29 is 4.74 Å². The molecule has 21 heavy (non-hydrogen) atoms. The van der Waals surface area contributed by atoms with Gasteiger partial charge in [0.1, 0.15) is 11.6 Å². The first-order valence-corrected chi connectivity index (χ1v) is 8.55. The van der Waals surface area contributed by atoms with Gasteiger partial charge in [-0.3, -0.25) is 0 Å². The minimum absolute atomic E-state index is 0.597. The van der Waals surface area contributed by atoms with Crippen molar-refractivity contribution in [3.05, 3.63) is 24.0 Å². The highest BCUT2D eigenvalue weighted by atomic mass is 32.2. The van der Waals surface area contributed by atoms with Crippen LogP contribution in [0, 0.1) is 0 Å². The Morgan fingerprint density at radius 1 is 1.38 bits per heavy atom. The summed E-state index contributed by atoms with van der Waals surface area (Å²) in [6.07, 6.45) is 2.46. The first-order chi connectivity index (χ1) is 10.3. The molecule has 108 valence electrons. The lowest BCUT2D eigenvalue weighted by Gasteiger charge is -2.00. The highest BCUT2D eigenvalue weighted by Crippen LogP contribution is 2.40. The number of nitrogens with one attached hydrogen (secondary N) is 1. The largest absolute Gasteiger partial charge is 0.494 e. The molecule has 0 saturated heterocycles. The average molecular weight is 318 g/mol. The second kappa shape index (κ2) is 5.31. The molecule has 2 aromatic heterocycles. The summed E-state index contributed by atoms with van der Waals surface area (Å²) in [5, 5.41) is 0.845. The summed E-state index contributed by atoms with van der Waals surface area (Å²) in [6, 6.07) is 5.89. The Hall–Kier alpha value is -1.60. The predicted molar refractivity (Wildman–Crippen MR) is 83.3 cm³/mol. The Labute approximate surface area is 130 Å². The molecule has 1 N–H and O–H groups in total. The number of ether oxygens (including phenoxy) is 1. The van der Waals surface area contributed by atoms with Crippen molar-refractivity contribution in [1.29, 1.82) is 0 Å². The normalized spacial score (nSPS) is 14.7. The molecular weight excluding hydrogens is 304 g/mol. The Bertz CT molecular complexity index is 778. The van der Waals surface area contributed by atoms with Gasteiger partial charge in [-0.1, -0.05) is 0 Å². The topological polar surface area (TPSA) is 63.7 Å². The van der Waals surface area contributed by atoms with Crippen LogP contribution in [0.1, 0.15) is 31.5 Å². The van der Waals surface area contributed by atoms with Gasteiger partial charge in [0.05, 0.1) is 17.6 Å². The molecule has 7 heteroatoms. The van der Waals surface area contributed by atoms with Crippen LogP contribution in [0.2, 0.25) is 0 Å². The number of hydrogen-bond acceptors (Lipinski definition) is 6. The van der Waals surface area contributed by atoms with E-state index in [0.717, 1.165) is 32.1 Å². The Balaban J connectivity index is 1.57. The van der Waals surface area contributed by atoms with Crippen molar-refractivity contribution in [2.24, 2.45) is 0 Å². The van der Waals surface area contributed by atoms with Gasteiger partial charge in [-0.15, -0.1) is 0 Å². The fourth-order valence-corrected chi connectivity index (χ4v) is 3.72. The smallest absolute Gasteiger partial charge is 0.177 e. The first kappa shape index (κ1) is 13.1. The van der Waals surface area contributed by atoms with Crippen LogP contribution in [0.5, 0.6) is 5.75 Å². The number of imidazole rings is 1. The average Bonchev–Trinajstić information content (AvgIpc) is 3.09. The minimum Gasteiger partial charge on any atom is -0.494 e. The van der Waals surface area contributed by atoms with Crippen molar-refractivity contribution in [3.8, 4) is 5.75 Å². The quantitative estimate of drug-likeness (QED) is 0.774. The number of benzene rings is 1. The number of fused-ring (bicyclic) bond motifs is 1. The number of nitrogens with zero attached hydrogens (tertiary/aromatic N) is 3. The second-order valence-electron chi connectivity index (χ2n) is 4.95. The zero-order chi connectivity index (χ0) is 14.2. The number of aromatic amines is 1. The molecule has 3 aromatic rings. The molecular formula is C14H14N4OS2. The van der Waals surface area contributed by atoms with Gasteiger partial charge in [-0.25, -0.2) is 9.97 Å². The Morgan fingerprint density at radius 2 is 2.29 bits per heavy atom. The monoisotopic (exact) mass is 318 g/mol. The molecule has 0 bridgehead atoms. The Kier molecular flexibility index (Phi) is 3.31. The van der Waals surface area contributed by atoms with E-state index in [1.54, 1.807) is 0 Å². The van der Waals surface area contributed by atoms with Gasteiger partial charge in [0, 0.05) is 12.0 Å². The third-order valence-corrected chi connectivity index (χ3v) is 4.94. The minimum atomic E-state index is 0.597. The first-order valence-electron chi connectivity index (χ1n) is 6.96. The van der Waals surface area contributed by atoms with Gasteiger partial charge < -0.3 is 9.72 Å². The molecule has 0 aliphatic heterocycles. The number of hydrogen-bond donors (Lipinski definition) is 1. The molecule has 0 atom stereocenters. The third kappa shape index (κ3) is 2.75. The zero-order valence-corrected chi connectivity index (χ0v) is 13.1. The van der Waals surface area contributed by atoms with E-state index in [1.807, 2.05) is 25.1 Å². The summed E-state index contributed by atoms with van der Waals surface area (Å²) in [4.78, 5) is 12.4. The molecule has 1 aliphatic rings. The maximum Gasteiger partial charge on any atom is 0.177 e. The molecule has 0 radical (unpaired) electrons. The van der Waals surface area contributed by atoms with Crippen LogP contribution in [0.15, 0.2) is 27.7 Å². The van der Waals surface area contributed by atoms with Crippen LogP contribution in [-0.4, -0.2) is 25.9 Å². The molecule has 1 fully saturated rings. The number of rotatable bonds is 5. The van der Waals surface area contributed by atoms with Gasteiger partial charge in [0.25, 0.3) is 0 Å². The summed E-state index contributed by atoms with van der Waals surface area (Å²) >= 11 is 2.99. The molecule has 0 unspecified atom stereocenters. The molecule has 5 nitrogen and oxygen atoms in total. The van der Waals surface area contributed by atoms with E-state index in [0.29, 0.717) is 12.5 Å². The van der Waals surface area contributed by atoms with Crippen LogP contribution in [0.3, 0.4) is 0 Å². The van der Waals surface area contributed by atoms with E-state index < -0.39 is 0 Å². The predicted octanol–water partition coefficient (Wildman–Crippen LogP) is 3.84. The zero-order valence-electron chi connectivity index (χ0n) is 11.5. The van der Waals surface area contributed by atoms with Crippen molar-refractivity contribution in [2.75, 3.05) is 6.61 Å². The highest BCUT2D eigenvalue weighted by Gasteiger charge is 2.28. The maximum atomic E-state index is 5.50. The van der Waals surface area contributed by atoms with Crippen LogP contribution in [0.25, 0.3) is 11.0 Å². The summed E-state index contributed by atoms with van der Waals surface area (Å²) in [7, 11) is 0. The summed E-state index contributed by atoms with van der Waals surface area (Å²) < 4.78 is 10.9. The fourth-order valence-electron chi connectivity index (χ4n) is 2.12. The maximum absolute atomic E-state index is 5.50. The summed E-state index contributed by atoms with van der Waals surface area (Å²) in [5.74, 6) is 2.45. The van der Waals surface area contributed by atoms with Gasteiger partial charge in [-0.05, 0) is 55.2 Å². The molecule has 0 spiro atoms. The van der Waals surface area contributed by atoms with Crippen LogP contribution < -0.4 is 4.74 Å².